The first kappa shape index (κ1) is 11.3. The van der Waals surface area contributed by atoms with Crippen LogP contribution in [0.1, 0.15) is 12.7 Å². The Morgan fingerprint density at radius 2 is 1.82 bits per heavy atom. The maximum Gasteiger partial charge on any atom is 0.145 e. The Hall–Kier alpha value is -2.14. The molecule has 5 nitrogen and oxygen atoms in total. The number of aryl methyl sites for hydroxylation is 1. The number of aromatic nitrogens is 2. The molecule has 0 radical (unpaired) electrons. The van der Waals surface area contributed by atoms with Gasteiger partial charge >= 0.3 is 0 Å². The number of rotatable bonds is 4. The van der Waals surface area contributed by atoms with Crippen LogP contribution >= 0.6 is 0 Å². The molecule has 5 heteroatoms. The Balaban J connectivity index is 2.26. The number of hydrogen-bond donors (Lipinski definition) is 3. The second-order valence-corrected chi connectivity index (χ2v) is 3.54. The number of nitrogens with one attached hydrogen (secondary N) is 2. The van der Waals surface area contributed by atoms with Crippen molar-refractivity contribution in [2.24, 2.45) is 5.84 Å². The molecule has 0 spiro atoms. The Bertz CT molecular complexity index is 461. The molecule has 0 aliphatic carbocycles. The highest BCUT2D eigenvalue weighted by Crippen LogP contribution is 2.16. The van der Waals surface area contributed by atoms with Gasteiger partial charge in [-0.1, -0.05) is 25.1 Å². The lowest BCUT2D eigenvalue weighted by atomic mass is 10.3. The zero-order valence-electron chi connectivity index (χ0n) is 9.64. The molecule has 0 bridgehead atoms. The van der Waals surface area contributed by atoms with Gasteiger partial charge in [0.2, 0.25) is 0 Å². The van der Waals surface area contributed by atoms with Crippen molar-refractivity contribution in [2.75, 3.05) is 10.7 Å². The minimum absolute atomic E-state index is 0.607. The Labute approximate surface area is 100 Å². The molecule has 0 amide bonds. The Kier molecular flexibility index (Phi) is 3.52. The first-order valence-corrected chi connectivity index (χ1v) is 5.48. The number of para-hydroxylation sites is 1. The summed E-state index contributed by atoms with van der Waals surface area (Å²) >= 11 is 0. The van der Waals surface area contributed by atoms with Crippen molar-refractivity contribution in [3.8, 4) is 0 Å². The van der Waals surface area contributed by atoms with Crippen LogP contribution in [0.15, 0.2) is 36.4 Å². The molecule has 88 valence electrons. The van der Waals surface area contributed by atoms with Gasteiger partial charge in [-0.25, -0.2) is 15.8 Å². The number of nitrogens with zero attached hydrogens (tertiary/aromatic N) is 2. The quantitative estimate of drug-likeness (QED) is 0.552. The standard InChI is InChI=1S/C12H15N5/c1-2-10-15-11(8-12(16-10)17-13)14-9-6-4-3-5-7-9/h3-8H,2,13H2,1H3,(H2,14,15,16,17). The fraction of sp³-hybridized carbons (Fsp3) is 0.167. The predicted molar refractivity (Wildman–Crippen MR) is 68.9 cm³/mol. The number of nitrogens with two attached hydrogens (primary N) is 1. The van der Waals surface area contributed by atoms with Gasteiger partial charge in [0, 0.05) is 18.2 Å². The second-order valence-electron chi connectivity index (χ2n) is 3.54. The molecule has 17 heavy (non-hydrogen) atoms. The van der Waals surface area contributed by atoms with Crippen molar-refractivity contribution in [1.82, 2.24) is 9.97 Å². The topological polar surface area (TPSA) is 75.9 Å². The van der Waals surface area contributed by atoms with Crippen molar-refractivity contribution in [3.05, 3.63) is 42.2 Å². The van der Waals surface area contributed by atoms with E-state index in [1.165, 1.54) is 0 Å². The molecule has 4 N–H and O–H groups in total. The predicted octanol–water partition coefficient (Wildman–Crippen LogP) is 2.07. The van der Waals surface area contributed by atoms with Gasteiger partial charge in [0.05, 0.1) is 0 Å². The van der Waals surface area contributed by atoms with Crippen LogP contribution < -0.4 is 16.6 Å². The summed E-state index contributed by atoms with van der Waals surface area (Å²) < 4.78 is 0. The van der Waals surface area contributed by atoms with Gasteiger partial charge < -0.3 is 10.7 Å². The second kappa shape index (κ2) is 5.27. The van der Waals surface area contributed by atoms with E-state index >= 15 is 0 Å². The summed E-state index contributed by atoms with van der Waals surface area (Å²) in [5, 5.41) is 3.21. The van der Waals surface area contributed by atoms with Crippen LogP contribution in [0.2, 0.25) is 0 Å². The minimum atomic E-state index is 0.607. The van der Waals surface area contributed by atoms with Gasteiger partial charge in [-0.05, 0) is 12.1 Å². The summed E-state index contributed by atoms with van der Waals surface area (Å²) in [5.74, 6) is 7.46. The van der Waals surface area contributed by atoms with Gasteiger partial charge in [0.1, 0.15) is 17.5 Å². The molecular weight excluding hydrogens is 214 g/mol. The SMILES string of the molecule is CCc1nc(NN)cc(Nc2ccccc2)n1. The van der Waals surface area contributed by atoms with Gasteiger partial charge in [-0.3, -0.25) is 0 Å². The van der Waals surface area contributed by atoms with Crippen LogP contribution in [0, 0.1) is 0 Å². The molecule has 0 fully saturated rings. The summed E-state index contributed by atoms with van der Waals surface area (Å²) in [6, 6.07) is 11.6. The molecule has 0 saturated carbocycles. The largest absolute Gasteiger partial charge is 0.340 e. The van der Waals surface area contributed by atoms with Crippen LogP contribution in [0.25, 0.3) is 0 Å². The van der Waals surface area contributed by atoms with E-state index in [1.54, 1.807) is 6.07 Å². The summed E-state index contributed by atoms with van der Waals surface area (Å²) in [6.07, 6.45) is 0.763. The highest BCUT2D eigenvalue weighted by atomic mass is 15.3. The minimum Gasteiger partial charge on any atom is -0.340 e. The van der Waals surface area contributed by atoms with Crippen LogP contribution in [0.5, 0.6) is 0 Å². The Morgan fingerprint density at radius 1 is 1.12 bits per heavy atom. The average Bonchev–Trinajstić information content (AvgIpc) is 2.39. The molecule has 1 heterocycles. The number of nitrogen functional groups attached to an aromatic ring is 1. The number of hydrogen-bond acceptors (Lipinski definition) is 5. The summed E-state index contributed by atoms with van der Waals surface area (Å²) in [5.41, 5.74) is 3.52. The molecule has 0 aliphatic heterocycles. The zero-order chi connectivity index (χ0) is 12.1. The van der Waals surface area contributed by atoms with E-state index < -0.39 is 0 Å². The fourth-order valence-corrected chi connectivity index (χ4v) is 1.46. The third-order valence-corrected chi connectivity index (χ3v) is 2.28. The van der Waals surface area contributed by atoms with E-state index in [0.29, 0.717) is 5.82 Å². The molecule has 0 atom stereocenters. The summed E-state index contributed by atoms with van der Waals surface area (Å²) in [4.78, 5) is 8.60. The van der Waals surface area contributed by atoms with E-state index in [9.17, 15) is 0 Å². The van der Waals surface area contributed by atoms with Crippen molar-refractivity contribution < 1.29 is 0 Å². The van der Waals surface area contributed by atoms with Crippen molar-refractivity contribution in [2.45, 2.75) is 13.3 Å². The molecule has 2 aromatic rings. The van der Waals surface area contributed by atoms with Gasteiger partial charge in [-0.2, -0.15) is 0 Å². The van der Waals surface area contributed by atoms with E-state index in [-0.39, 0.29) is 0 Å². The van der Waals surface area contributed by atoms with E-state index in [0.717, 1.165) is 23.8 Å². The summed E-state index contributed by atoms with van der Waals surface area (Å²) in [6.45, 7) is 2.00. The van der Waals surface area contributed by atoms with E-state index in [1.807, 2.05) is 37.3 Å². The van der Waals surface area contributed by atoms with E-state index in [2.05, 4.69) is 20.7 Å². The third kappa shape index (κ3) is 2.92. The van der Waals surface area contributed by atoms with Crippen molar-refractivity contribution in [1.29, 1.82) is 0 Å². The molecular formula is C12H15N5. The highest BCUT2D eigenvalue weighted by molar-refractivity contribution is 5.58. The molecule has 2 rings (SSSR count). The van der Waals surface area contributed by atoms with Gasteiger partial charge in [-0.15, -0.1) is 0 Å². The van der Waals surface area contributed by atoms with Crippen LogP contribution in [0.3, 0.4) is 0 Å². The lowest BCUT2D eigenvalue weighted by Crippen LogP contribution is -2.11. The zero-order valence-corrected chi connectivity index (χ0v) is 9.64. The van der Waals surface area contributed by atoms with Gasteiger partial charge in [0.25, 0.3) is 0 Å². The Morgan fingerprint density at radius 3 is 2.47 bits per heavy atom. The molecule has 0 aliphatic rings. The summed E-state index contributed by atoms with van der Waals surface area (Å²) in [7, 11) is 0. The monoisotopic (exact) mass is 229 g/mol. The number of benzene rings is 1. The maximum absolute atomic E-state index is 5.37. The maximum atomic E-state index is 5.37. The van der Waals surface area contributed by atoms with Crippen molar-refractivity contribution >= 4 is 17.3 Å². The molecule has 1 aromatic heterocycles. The first-order chi connectivity index (χ1) is 8.31. The lowest BCUT2D eigenvalue weighted by molar-refractivity contribution is 0.941. The van der Waals surface area contributed by atoms with Crippen molar-refractivity contribution in [3.63, 3.8) is 0 Å². The lowest BCUT2D eigenvalue weighted by Gasteiger charge is -2.08. The third-order valence-electron chi connectivity index (χ3n) is 2.28. The van der Waals surface area contributed by atoms with Crippen LogP contribution in [-0.2, 0) is 6.42 Å². The number of hydrazine groups is 1. The molecule has 1 aromatic carbocycles. The van der Waals surface area contributed by atoms with Crippen LogP contribution in [-0.4, -0.2) is 9.97 Å². The fourth-order valence-electron chi connectivity index (χ4n) is 1.46. The number of anilines is 3. The highest BCUT2D eigenvalue weighted by Gasteiger charge is 2.02. The van der Waals surface area contributed by atoms with Gasteiger partial charge in [0.15, 0.2) is 0 Å². The normalized spacial score (nSPS) is 10.0. The molecule has 0 saturated heterocycles. The van der Waals surface area contributed by atoms with E-state index in [4.69, 9.17) is 5.84 Å². The first-order valence-electron chi connectivity index (χ1n) is 5.48. The molecule has 0 unspecified atom stereocenters. The van der Waals surface area contributed by atoms with Crippen LogP contribution in [0.4, 0.5) is 17.3 Å². The average molecular weight is 229 g/mol. The smallest absolute Gasteiger partial charge is 0.145 e.